The number of nitrogens with zero attached hydrogens (tertiary/aromatic N) is 3. The van der Waals surface area contributed by atoms with Crippen LogP contribution in [0.5, 0.6) is 0 Å². The van der Waals surface area contributed by atoms with Crippen molar-refractivity contribution in [2.45, 2.75) is 58.3 Å². The van der Waals surface area contributed by atoms with Crippen molar-refractivity contribution >= 4 is 27.2 Å². The highest BCUT2D eigenvalue weighted by Crippen LogP contribution is 2.33. The molecule has 0 spiro atoms. The van der Waals surface area contributed by atoms with E-state index in [2.05, 4.69) is 46.7 Å². The largest absolute Gasteiger partial charge is 0.371 e. The molecular formula is C25H32N3S+. The van der Waals surface area contributed by atoms with Crippen LogP contribution in [0, 0.1) is 0 Å². The van der Waals surface area contributed by atoms with Gasteiger partial charge in [-0.1, -0.05) is 13.3 Å². The van der Waals surface area contributed by atoms with Crippen LogP contribution in [-0.4, -0.2) is 31.2 Å². The fourth-order valence-corrected chi connectivity index (χ4v) is 5.96. The molecule has 3 nitrogen and oxygen atoms in total. The predicted molar refractivity (Wildman–Crippen MR) is 125 cm³/mol. The summed E-state index contributed by atoms with van der Waals surface area (Å²) in [6.07, 6.45) is 10.3. The molecule has 2 fully saturated rings. The molecule has 1 aromatic carbocycles. The second-order valence-electron chi connectivity index (χ2n) is 8.66. The van der Waals surface area contributed by atoms with E-state index in [0.29, 0.717) is 0 Å². The van der Waals surface area contributed by atoms with Gasteiger partial charge < -0.3 is 4.90 Å². The number of fused-ring (bicyclic) bond motifs is 2. The Balaban J connectivity index is 1.64. The van der Waals surface area contributed by atoms with Crippen molar-refractivity contribution in [3.8, 4) is 10.6 Å². The molecule has 5 rings (SSSR count). The molecule has 0 atom stereocenters. The summed E-state index contributed by atoms with van der Waals surface area (Å²) in [6.45, 7) is 7.07. The number of aromatic nitrogens is 1. The molecule has 0 radical (unpaired) electrons. The number of piperidine rings is 2. The Bertz CT molecular complexity index is 1040. The minimum Gasteiger partial charge on any atom is -0.371 e. The van der Waals surface area contributed by atoms with Crippen molar-refractivity contribution in [3.05, 3.63) is 41.3 Å². The van der Waals surface area contributed by atoms with Gasteiger partial charge in [0, 0.05) is 43.2 Å². The van der Waals surface area contributed by atoms with Gasteiger partial charge in [-0.25, -0.2) is 9.56 Å². The summed E-state index contributed by atoms with van der Waals surface area (Å²) < 4.78 is 3.93. The highest BCUT2D eigenvalue weighted by molar-refractivity contribution is 7.21. The Labute approximate surface area is 178 Å². The normalized spacial score (nSPS) is 18.0. The number of hydrogen-bond acceptors (Lipinski definition) is 3. The molecule has 0 aromatic heterocycles. The molecule has 0 unspecified atom stereocenters. The highest BCUT2D eigenvalue weighted by Gasteiger charge is 2.19. The second-order valence-corrected chi connectivity index (χ2v) is 9.74. The summed E-state index contributed by atoms with van der Waals surface area (Å²) in [5.41, 5.74) is 5.15. The maximum atomic E-state index is 5.07. The third kappa shape index (κ3) is 3.92. The molecule has 152 valence electrons. The molecule has 4 aliphatic rings. The van der Waals surface area contributed by atoms with E-state index in [4.69, 9.17) is 4.98 Å². The average molecular weight is 407 g/mol. The first-order valence-corrected chi connectivity index (χ1v) is 12.3. The van der Waals surface area contributed by atoms with Gasteiger partial charge in [0.2, 0.25) is 5.36 Å². The van der Waals surface area contributed by atoms with Crippen LogP contribution in [0.15, 0.2) is 30.3 Å². The van der Waals surface area contributed by atoms with E-state index >= 15 is 0 Å². The Hall–Kier alpha value is -1.94. The molecule has 1 aliphatic carbocycles. The van der Waals surface area contributed by atoms with Gasteiger partial charge in [0.15, 0.2) is 0 Å². The van der Waals surface area contributed by atoms with E-state index in [1.54, 1.807) is 0 Å². The topological polar surface area (TPSA) is 19.1 Å². The molecule has 0 amide bonds. The van der Waals surface area contributed by atoms with Gasteiger partial charge in [-0.3, -0.25) is 0 Å². The minimum absolute atomic E-state index is 1.14. The molecule has 0 saturated carbocycles. The smallest absolute Gasteiger partial charge is 0.204 e. The first-order valence-electron chi connectivity index (χ1n) is 11.5. The first kappa shape index (κ1) is 19.0. The van der Waals surface area contributed by atoms with Gasteiger partial charge in [-0.05, 0) is 56.4 Å². The van der Waals surface area contributed by atoms with E-state index in [-0.39, 0.29) is 0 Å². The molecule has 3 heterocycles. The molecule has 29 heavy (non-hydrogen) atoms. The van der Waals surface area contributed by atoms with Crippen LogP contribution in [0.4, 0.5) is 5.69 Å². The zero-order chi connectivity index (χ0) is 19.6. The lowest BCUT2D eigenvalue weighted by atomic mass is 10.1. The third-order valence-corrected chi connectivity index (χ3v) is 7.60. The van der Waals surface area contributed by atoms with Crippen LogP contribution in [0.1, 0.15) is 57.4 Å². The van der Waals surface area contributed by atoms with Crippen molar-refractivity contribution in [1.29, 1.82) is 0 Å². The lowest BCUT2D eigenvalue weighted by molar-refractivity contribution is 0.449. The third-order valence-electron chi connectivity index (χ3n) is 6.50. The number of hydrogen-bond donors (Lipinski definition) is 0. The van der Waals surface area contributed by atoms with Crippen LogP contribution < -0.4 is 14.8 Å². The maximum absolute atomic E-state index is 5.07. The lowest BCUT2D eigenvalue weighted by Crippen LogP contribution is -2.36. The summed E-state index contributed by atoms with van der Waals surface area (Å²) in [5, 5.41) is 1.46. The van der Waals surface area contributed by atoms with E-state index in [1.165, 1.54) is 97.3 Å². The van der Waals surface area contributed by atoms with Gasteiger partial charge in [-0.2, -0.15) is 0 Å². The van der Waals surface area contributed by atoms with E-state index in [0.717, 1.165) is 17.6 Å². The van der Waals surface area contributed by atoms with E-state index in [9.17, 15) is 0 Å². The van der Waals surface area contributed by atoms with Gasteiger partial charge >= 0.3 is 0 Å². The SMILES string of the molecule is CCCc1cc2nc3ccc(N4CCCCC4)cc3sc-2cc1=[N+]1CCCCC1. The molecule has 0 N–H and O–H groups in total. The standard InChI is InChI=1S/C25H32N3S/c1-2-9-19-16-22-25(18-23(19)28-14-7-4-8-15-28)29-24-17-20(10-11-21(24)26-22)27-12-5-3-6-13-27/h10-11,16-18H,2-9,12-15H2,1H3/q+1. The van der Waals surface area contributed by atoms with Crippen molar-refractivity contribution in [3.63, 3.8) is 0 Å². The summed E-state index contributed by atoms with van der Waals surface area (Å²) in [6, 6.07) is 11.7. The number of benzene rings is 2. The zero-order valence-electron chi connectivity index (χ0n) is 17.6. The second kappa shape index (κ2) is 8.43. The van der Waals surface area contributed by atoms with E-state index < -0.39 is 0 Å². The quantitative estimate of drug-likeness (QED) is 0.434. The van der Waals surface area contributed by atoms with Crippen molar-refractivity contribution in [1.82, 2.24) is 9.56 Å². The fraction of sp³-hybridized carbons (Fsp3) is 0.520. The highest BCUT2D eigenvalue weighted by atomic mass is 32.1. The lowest BCUT2D eigenvalue weighted by Gasteiger charge is -2.29. The first-order chi connectivity index (χ1) is 14.3. The summed E-state index contributed by atoms with van der Waals surface area (Å²) in [7, 11) is 0. The van der Waals surface area contributed by atoms with Crippen molar-refractivity contribution in [2.24, 2.45) is 0 Å². The Morgan fingerprint density at radius 1 is 0.966 bits per heavy atom. The molecular weight excluding hydrogens is 374 g/mol. The Morgan fingerprint density at radius 2 is 1.76 bits per heavy atom. The summed E-state index contributed by atoms with van der Waals surface area (Å²) in [4.78, 5) is 8.94. The molecule has 1 aromatic rings. The monoisotopic (exact) mass is 406 g/mol. The van der Waals surface area contributed by atoms with Gasteiger partial charge in [-0.15, -0.1) is 11.3 Å². The van der Waals surface area contributed by atoms with Gasteiger partial charge in [0.25, 0.3) is 0 Å². The maximum Gasteiger partial charge on any atom is 0.204 e. The van der Waals surface area contributed by atoms with Crippen LogP contribution >= 0.6 is 11.3 Å². The Kier molecular flexibility index (Phi) is 5.54. The number of rotatable bonds is 3. The van der Waals surface area contributed by atoms with Crippen molar-refractivity contribution < 1.29 is 0 Å². The fourth-order valence-electron chi connectivity index (χ4n) is 4.94. The van der Waals surface area contributed by atoms with Crippen LogP contribution in [-0.2, 0) is 6.42 Å². The average Bonchev–Trinajstić information content (AvgIpc) is 2.78. The molecule has 0 bridgehead atoms. The van der Waals surface area contributed by atoms with Gasteiger partial charge in [0.05, 0.1) is 20.8 Å². The Morgan fingerprint density at radius 3 is 2.55 bits per heavy atom. The zero-order valence-corrected chi connectivity index (χ0v) is 18.4. The molecule has 4 heteroatoms. The molecule has 3 aliphatic heterocycles. The van der Waals surface area contributed by atoms with Crippen LogP contribution in [0.25, 0.3) is 20.8 Å². The van der Waals surface area contributed by atoms with Gasteiger partial charge in [0.1, 0.15) is 13.1 Å². The van der Waals surface area contributed by atoms with E-state index in [1.807, 2.05) is 11.3 Å². The van der Waals surface area contributed by atoms with Crippen LogP contribution in [0.3, 0.4) is 0 Å². The number of aryl methyl sites for hydroxylation is 1. The molecule has 2 saturated heterocycles. The minimum atomic E-state index is 1.14. The summed E-state index contributed by atoms with van der Waals surface area (Å²) >= 11 is 1.92. The predicted octanol–water partition coefficient (Wildman–Crippen LogP) is 5.30. The number of anilines is 1. The van der Waals surface area contributed by atoms with Crippen LogP contribution in [0.2, 0.25) is 0 Å². The summed E-state index contributed by atoms with van der Waals surface area (Å²) in [5.74, 6) is 0. The van der Waals surface area contributed by atoms with Crippen molar-refractivity contribution in [2.75, 3.05) is 31.1 Å².